The Labute approximate surface area is 90.6 Å². The maximum absolute atomic E-state index is 12.3. The molecule has 0 aliphatic heterocycles. The van der Waals surface area contributed by atoms with Crippen molar-refractivity contribution in [3.8, 4) is 11.1 Å². The zero-order valence-corrected chi connectivity index (χ0v) is 8.25. The first kappa shape index (κ1) is 10.7. The summed E-state index contributed by atoms with van der Waals surface area (Å²) >= 11 is 0. The SMILES string of the molecule is FC(F)(F)c1ccc(-c2cc[nH+]cc2)cc1. The zero-order chi connectivity index (χ0) is 11.6. The molecule has 0 spiro atoms. The number of nitrogens with one attached hydrogen (secondary N) is 1. The number of benzene rings is 1. The number of H-pyrrole nitrogens is 1. The molecule has 1 aromatic carbocycles. The lowest BCUT2D eigenvalue weighted by Gasteiger charge is -2.07. The highest BCUT2D eigenvalue weighted by atomic mass is 19.4. The van der Waals surface area contributed by atoms with Gasteiger partial charge in [0.05, 0.1) is 5.56 Å². The Hall–Kier alpha value is -1.84. The second kappa shape index (κ2) is 3.96. The Balaban J connectivity index is 2.34. The van der Waals surface area contributed by atoms with Crippen LogP contribution in [0.4, 0.5) is 13.2 Å². The van der Waals surface area contributed by atoms with Crippen molar-refractivity contribution >= 4 is 0 Å². The third-order valence-corrected chi connectivity index (χ3v) is 2.26. The predicted molar refractivity (Wildman–Crippen MR) is 53.4 cm³/mol. The van der Waals surface area contributed by atoms with Crippen molar-refractivity contribution in [2.24, 2.45) is 0 Å². The van der Waals surface area contributed by atoms with Gasteiger partial charge in [0.25, 0.3) is 0 Å². The summed E-state index contributed by atoms with van der Waals surface area (Å²) in [4.78, 5) is 2.86. The molecule has 0 saturated carbocycles. The van der Waals surface area contributed by atoms with Crippen LogP contribution in [0.3, 0.4) is 0 Å². The number of hydrogen-bond acceptors (Lipinski definition) is 0. The number of halogens is 3. The number of aromatic nitrogens is 1. The van der Waals surface area contributed by atoms with Crippen molar-refractivity contribution in [3.05, 3.63) is 54.4 Å². The molecule has 0 atom stereocenters. The van der Waals surface area contributed by atoms with Crippen molar-refractivity contribution in [2.75, 3.05) is 0 Å². The highest BCUT2D eigenvalue weighted by Crippen LogP contribution is 2.30. The maximum atomic E-state index is 12.3. The summed E-state index contributed by atoms with van der Waals surface area (Å²) in [5.74, 6) is 0. The molecule has 0 amide bonds. The highest BCUT2D eigenvalue weighted by Gasteiger charge is 2.29. The van der Waals surface area contributed by atoms with E-state index in [1.807, 2.05) is 12.1 Å². The third kappa shape index (κ3) is 2.21. The molecular formula is C12H9F3N+. The Morgan fingerprint density at radius 2 is 1.25 bits per heavy atom. The highest BCUT2D eigenvalue weighted by molar-refractivity contribution is 5.62. The molecule has 82 valence electrons. The predicted octanol–water partition coefficient (Wildman–Crippen LogP) is 3.19. The molecule has 1 aromatic heterocycles. The van der Waals surface area contributed by atoms with Gasteiger partial charge < -0.3 is 0 Å². The topological polar surface area (TPSA) is 14.1 Å². The van der Waals surface area contributed by atoms with Crippen molar-refractivity contribution in [1.82, 2.24) is 0 Å². The van der Waals surface area contributed by atoms with Crippen molar-refractivity contribution in [1.29, 1.82) is 0 Å². The Morgan fingerprint density at radius 3 is 1.75 bits per heavy atom. The molecule has 1 nitrogen and oxygen atoms in total. The molecule has 0 fully saturated rings. The van der Waals surface area contributed by atoms with Gasteiger partial charge in [-0.1, -0.05) is 12.1 Å². The van der Waals surface area contributed by atoms with Gasteiger partial charge in [-0.2, -0.15) is 13.2 Å². The molecular weight excluding hydrogens is 215 g/mol. The van der Waals surface area contributed by atoms with E-state index in [-0.39, 0.29) is 0 Å². The summed E-state index contributed by atoms with van der Waals surface area (Å²) in [6.07, 6.45) is -0.816. The Bertz CT molecular complexity index is 460. The summed E-state index contributed by atoms with van der Waals surface area (Å²) in [5.41, 5.74) is 1.02. The molecule has 0 unspecified atom stereocenters. The maximum Gasteiger partial charge on any atom is 0.416 e. The standard InChI is InChI=1S/C12H8F3N/c13-12(14,15)11-3-1-9(2-4-11)10-5-7-16-8-6-10/h1-8H/p+1. The Kier molecular flexibility index (Phi) is 2.64. The van der Waals surface area contributed by atoms with Crippen LogP contribution in [0.1, 0.15) is 5.56 Å². The first-order valence-electron chi connectivity index (χ1n) is 4.71. The van der Waals surface area contributed by atoms with Gasteiger partial charge in [-0.05, 0) is 23.3 Å². The minimum Gasteiger partial charge on any atom is -0.218 e. The quantitative estimate of drug-likeness (QED) is 0.706. The van der Waals surface area contributed by atoms with Gasteiger partial charge >= 0.3 is 6.18 Å². The molecule has 16 heavy (non-hydrogen) atoms. The van der Waals surface area contributed by atoms with E-state index in [0.29, 0.717) is 0 Å². The molecule has 0 bridgehead atoms. The molecule has 2 aromatic rings. The van der Waals surface area contributed by atoms with Crippen LogP contribution >= 0.6 is 0 Å². The van der Waals surface area contributed by atoms with E-state index in [1.165, 1.54) is 12.1 Å². The van der Waals surface area contributed by atoms with Crippen LogP contribution in [0.2, 0.25) is 0 Å². The second-order valence-electron chi connectivity index (χ2n) is 3.36. The molecule has 0 aliphatic carbocycles. The molecule has 0 saturated heterocycles. The molecule has 1 N–H and O–H groups in total. The first-order valence-corrected chi connectivity index (χ1v) is 4.71. The molecule has 0 aliphatic rings. The van der Waals surface area contributed by atoms with E-state index in [1.54, 1.807) is 12.4 Å². The number of aromatic amines is 1. The van der Waals surface area contributed by atoms with E-state index in [9.17, 15) is 13.2 Å². The Morgan fingerprint density at radius 1 is 0.750 bits per heavy atom. The van der Waals surface area contributed by atoms with E-state index < -0.39 is 11.7 Å². The lowest BCUT2D eigenvalue weighted by atomic mass is 10.1. The monoisotopic (exact) mass is 224 g/mol. The van der Waals surface area contributed by atoms with Gasteiger partial charge in [0.1, 0.15) is 0 Å². The number of hydrogen-bond donors (Lipinski definition) is 0. The minimum atomic E-state index is -4.27. The van der Waals surface area contributed by atoms with Gasteiger partial charge in [0, 0.05) is 12.1 Å². The number of rotatable bonds is 1. The van der Waals surface area contributed by atoms with Crippen LogP contribution in [0.5, 0.6) is 0 Å². The average Bonchev–Trinajstić information content (AvgIpc) is 2.29. The molecule has 2 rings (SSSR count). The number of pyridine rings is 1. The minimum absolute atomic E-state index is 0.626. The smallest absolute Gasteiger partial charge is 0.218 e. The average molecular weight is 224 g/mol. The fourth-order valence-corrected chi connectivity index (χ4v) is 1.43. The van der Waals surface area contributed by atoms with Gasteiger partial charge in [-0.3, -0.25) is 0 Å². The first-order chi connectivity index (χ1) is 7.57. The third-order valence-electron chi connectivity index (χ3n) is 2.26. The summed E-state index contributed by atoms with van der Waals surface area (Å²) < 4.78 is 37.0. The normalized spacial score (nSPS) is 11.4. The molecule has 0 radical (unpaired) electrons. The molecule has 4 heteroatoms. The van der Waals surface area contributed by atoms with Crippen LogP contribution in [0.25, 0.3) is 11.1 Å². The summed E-state index contributed by atoms with van der Waals surface area (Å²) in [7, 11) is 0. The van der Waals surface area contributed by atoms with Gasteiger partial charge in [0.15, 0.2) is 12.4 Å². The number of alkyl halides is 3. The van der Waals surface area contributed by atoms with Crippen LogP contribution < -0.4 is 4.98 Å². The lowest BCUT2D eigenvalue weighted by molar-refractivity contribution is -0.377. The van der Waals surface area contributed by atoms with E-state index in [0.717, 1.165) is 23.3 Å². The summed E-state index contributed by atoms with van der Waals surface area (Å²) in [5, 5.41) is 0. The van der Waals surface area contributed by atoms with Crippen molar-refractivity contribution in [2.45, 2.75) is 6.18 Å². The van der Waals surface area contributed by atoms with Crippen LogP contribution in [-0.2, 0) is 6.18 Å². The lowest BCUT2D eigenvalue weighted by Crippen LogP contribution is -2.04. The van der Waals surface area contributed by atoms with Gasteiger partial charge in [-0.25, -0.2) is 4.98 Å². The summed E-state index contributed by atoms with van der Waals surface area (Å²) in [6, 6.07) is 8.74. The van der Waals surface area contributed by atoms with E-state index in [4.69, 9.17) is 0 Å². The summed E-state index contributed by atoms with van der Waals surface area (Å²) in [6.45, 7) is 0. The van der Waals surface area contributed by atoms with Crippen molar-refractivity contribution < 1.29 is 18.2 Å². The van der Waals surface area contributed by atoms with E-state index >= 15 is 0 Å². The molecule has 1 heterocycles. The van der Waals surface area contributed by atoms with Crippen LogP contribution in [-0.4, -0.2) is 0 Å². The van der Waals surface area contributed by atoms with E-state index in [2.05, 4.69) is 4.98 Å². The zero-order valence-electron chi connectivity index (χ0n) is 8.25. The van der Waals surface area contributed by atoms with Crippen LogP contribution in [0.15, 0.2) is 48.8 Å². The second-order valence-corrected chi connectivity index (χ2v) is 3.36. The largest absolute Gasteiger partial charge is 0.416 e. The van der Waals surface area contributed by atoms with Gasteiger partial charge in [0.2, 0.25) is 0 Å². The van der Waals surface area contributed by atoms with Gasteiger partial charge in [-0.15, -0.1) is 0 Å². The van der Waals surface area contributed by atoms with Crippen LogP contribution in [0, 0.1) is 0 Å². The fraction of sp³-hybridized carbons (Fsp3) is 0.0833. The fourth-order valence-electron chi connectivity index (χ4n) is 1.43. The van der Waals surface area contributed by atoms with Crippen molar-refractivity contribution in [3.63, 3.8) is 0 Å².